The number of aromatic nitrogens is 3. The molecule has 1 saturated carbocycles. The van der Waals surface area contributed by atoms with E-state index in [1.807, 2.05) is 30.3 Å². The van der Waals surface area contributed by atoms with Crippen LogP contribution in [0.3, 0.4) is 0 Å². The first-order chi connectivity index (χ1) is 13.8. The van der Waals surface area contributed by atoms with Crippen LogP contribution in [0.2, 0.25) is 5.02 Å². The highest BCUT2D eigenvalue weighted by atomic mass is 35.5. The third-order valence-electron chi connectivity index (χ3n) is 5.45. The molecule has 0 bridgehead atoms. The van der Waals surface area contributed by atoms with E-state index in [0.29, 0.717) is 11.1 Å². The van der Waals surface area contributed by atoms with E-state index in [9.17, 15) is 0 Å². The maximum Gasteiger partial charge on any atom is 0.150 e. The fourth-order valence-electron chi connectivity index (χ4n) is 4.09. The Morgan fingerprint density at radius 3 is 2.57 bits per heavy atom. The zero-order valence-corrected chi connectivity index (χ0v) is 16.2. The molecule has 2 aromatic heterocycles. The molecule has 2 aromatic carbocycles. The van der Waals surface area contributed by atoms with Gasteiger partial charge < -0.3 is 9.88 Å². The van der Waals surface area contributed by atoms with Crippen molar-refractivity contribution in [2.75, 3.05) is 5.32 Å². The summed E-state index contributed by atoms with van der Waals surface area (Å²) in [5.41, 5.74) is 4.15. The van der Waals surface area contributed by atoms with Crippen LogP contribution in [0.5, 0.6) is 0 Å². The topological polar surface area (TPSA) is 42.7 Å². The van der Waals surface area contributed by atoms with Crippen molar-refractivity contribution in [1.82, 2.24) is 14.5 Å². The minimum atomic E-state index is 0.483. The molecule has 140 valence electrons. The largest absolute Gasteiger partial charge is 0.367 e. The van der Waals surface area contributed by atoms with E-state index in [-0.39, 0.29) is 0 Å². The van der Waals surface area contributed by atoms with Crippen LogP contribution in [0.15, 0.2) is 67.1 Å². The Kier molecular flexibility index (Phi) is 4.49. The average Bonchev–Trinajstić information content (AvgIpc) is 3.37. The lowest BCUT2D eigenvalue weighted by molar-refractivity contribution is 0.751. The van der Waals surface area contributed by atoms with E-state index in [1.54, 1.807) is 6.33 Å². The normalized spacial score (nSPS) is 14.6. The fraction of sp³-hybridized carbons (Fsp3) is 0.217. The summed E-state index contributed by atoms with van der Waals surface area (Å²) in [6, 6.07) is 18.8. The molecule has 2 heterocycles. The summed E-state index contributed by atoms with van der Waals surface area (Å²) in [6.07, 6.45) is 8.74. The molecule has 1 N–H and O–H groups in total. The molecule has 28 heavy (non-hydrogen) atoms. The summed E-state index contributed by atoms with van der Waals surface area (Å²) in [7, 11) is 0. The van der Waals surface area contributed by atoms with Gasteiger partial charge in [0.25, 0.3) is 0 Å². The molecule has 1 aliphatic carbocycles. The molecule has 1 fully saturated rings. The molecule has 4 aromatic rings. The smallest absolute Gasteiger partial charge is 0.150 e. The fourth-order valence-corrected chi connectivity index (χ4v) is 4.28. The summed E-state index contributed by atoms with van der Waals surface area (Å²) in [6.45, 7) is 0. The highest BCUT2D eigenvalue weighted by Gasteiger charge is 2.21. The Balaban J connectivity index is 1.73. The molecule has 0 aliphatic heterocycles. The van der Waals surface area contributed by atoms with Crippen LogP contribution < -0.4 is 5.32 Å². The first-order valence-electron chi connectivity index (χ1n) is 9.73. The summed E-state index contributed by atoms with van der Waals surface area (Å²) < 4.78 is 2.10. The van der Waals surface area contributed by atoms with Crippen molar-refractivity contribution in [2.45, 2.75) is 31.7 Å². The molecule has 0 amide bonds. The quantitative estimate of drug-likeness (QED) is 0.459. The summed E-state index contributed by atoms with van der Waals surface area (Å²) in [5, 5.41) is 5.44. The predicted molar refractivity (Wildman–Crippen MR) is 115 cm³/mol. The van der Waals surface area contributed by atoms with Gasteiger partial charge in [0.1, 0.15) is 12.1 Å². The molecule has 1 aliphatic rings. The van der Waals surface area contributed by atoms with Crippen molar-refractivity contribution in [1.29, 1.82) is 0 Å². The second-order valence-corrected chi connectivity index (χ2v) is 7.74. The Morgan fingerprint density at radius 2 is 1.79 bits per heavy atom. The lowest BCUT2D eigenvalue weighted by Crippen LogP contribution is -2.15. The van der Waals surface area contributed by atoms with Crippen molar-refractivity contribution >= 4 is 28.5 Å². The number of nitrogens with one attached hydrogen (secondary N) is 1. The summed E-state index contributed by atoms with van der Waals surface area (Å²) in [5.74, 6) is 0.913. The van der Waals surface area contributed by atoms with Gasteiger partial charge in [-0.2, -0.15) is 0 Å². The Morgan fingerprint density at radius 1 is 0.964 bits per heavy atom. The van der Waals surface area contributed by atoms with Crippen molar-refractivity contribution in [3.05, 3.63) is 72.1 Å². The highest BCUT2D eigenvalue weighted by molar-refractivity contribution is 6.30. The molecular formula is C23H21ClN4. The van der Waals surface area contributed by atoms with E-state index < -0.39 is 0 Å². The molecule has 5 rings (SSSR count). The van der Waals surface area contributed by atoms with Crippen LogP contribution in [-0.2, 0) is 0 Å². The highest BCUT2D eigenvalue weighted by Crippen LogP contribution is 2.36. The molecular weight excluding hydrogens is 368 g/mol. The monoisotopic (exact) mass is 388 g/mol. The van der Waals surface area contributed by atoms with Gasteiger partial charge >= 0.3 is 0 Å². The maximum absolute atomic E-state index is 6.26. The minimum Gasteiger partial charge on any atom is -0.367 e. The number of rotatable bonds is 4. The third kappa shape index (κ3) is 3.14. The zero-order chi connectivity index (χ0) is 18.9. The number of benzene rings is 2. The van der Waals surface area contributed by atoms with E-state index in [0.717, 1.165) is 33.7 Å². The van der Waals surface area contributed by atoms with Crippen LogP contribution in [0.4, 0.5) is 5.82 Å². The number of halogens is 1. The number of hydrogen-bond donors (Lipinski definition) is 1. The van der Waals surface area contributed by atoms with Crippen LogP contribution in [0.1, 0.15) is 25.7 Å². The van der Waals surface area contributed by atoms with Crippen LogP contribution in [-0.4, -0.2) is 20.6 Å². The molecule has 0 atom stereocenters. The standard InChI is InChI=1S/C23H21ClN4/c24-17-9-6-12-19(13-17)28-14-20(16-7-2-1-3-8-16)21-22(25-15-26-23(21)28)27-18-10-4-5-11-18/h1-3,6-9,12-15,18H,4-5,10-11H2,(H,25,26,27). The van der Waals surface area contributed by atoms with E-state index in [2.05, 4.69) is 50.3 Å². The molecule has 4 nitrogen and oxygen atoms in total. The van der Waals surface area contributed by atoms with Crippen LogP contribution in [0.25, 0.3) is 27.8 Å². The number of anilines is 1. The second-order valence-electron chi connectivity index (χ2n) is 7.31. The number of nitrogens with zero attached hydrogens (tertiary/aromatic N) is 3. The molecule has 5 heteroatoms. The lowest BCUT2D eigenvalue weighted by Gasteiger charge is -2.14. The maximum atomic E-state index is 6.26. The van der Waals surface area contributed by atoms with Gasteiger partial charge in [0.15, 0.2) is 5.65 Å². The SMILES string of the molecule is Clc1cccc(-n2cc(-c3ccccc3)c3c(NC4CCCC4)ncnc32)c1. The number of hydrogen-bond acceptors (Lipinski definition) is 3. The van der Waals surface area contributed by atoms with E-state index in [1.165, 1.54) is 25.7 Å². The lowest BCUT2D eigenvalue weighted by atomic mass is 10.1. The Hall–Kier alpha value is -2.85. The van der Waals surface area contributed by atoms with Gasteiger partial charge in [-0.05, 0) is 36.6 Å². The van der Waals surface area contributed by atoms with Crippen LogP contribution in [0, 0.1) is 0 Å². The predicted octanol–water partition coefficient (Wildman–Crippen LogP) is 6.10. The third-order valence-corrected chi connectivity index (χ3v) is 5.69. The molecule has 0 spiro atoms. The van der Waals surface area contributed by atoms with Gasteiger partial charge in [-0.1, -0.05) is 60.8 Å². The molecule has 0 radical (unpaired) electrons. The van der Waals surface area contributed by atoms with Crippen molar-refractivity contribution in [3.8, 4) is 16.8 Å². The second kappa shape index (κ2) is 7.28. The minimum absolute atomic E-state index is 0.483. The van der Waals surface area contributed by atoms with E-state index in [4.69, 9.17) is 11.6 Å². The summed E-state index contributed by atoms with van der Waals surface area (Å²) in [4.78, 5) is 9.26. The van der Waals surface area contributed by atoms with Crippen molar-refractivity contribution in [2.24, 2.45) is 0 Å². The Labute approximate surface area is 169 Å². The van der Waals surface area contributed by atoms with Gasteiger partial charge in [-0.15, -0.1) is 0 Å². The molecule has 0 saturated heterocycles. The summed E-state index contributed by atoms with van der Waals surface area (Å²) >= 11 is 6.26. The Bertz CT molecular complexity index is 1110. The van der Waals surface area contributed by atoms with Gasteiger partial charge in [0.2, 0.25) is 0 Å². The van der Waals surface area contributed by atoms with Crippen LogP contribution >= 0.6 is 11.6 Å². The van der Waals surface area contributed by atoms with E-state index >= 15 is 0 Å². The first-order valence-corrected chi connectivity index (χ1v) is 10.1. The van der Waals surface area contributed by atoms with Crippen molar-refractivity contribution in [3.63, 3.8) is 0 Å². The average molecular weight is 389 g/mol. The first kappa shape index (κ1) is 17.3. The number of fused-ring (bicyclic) bond motifs is 1. The van der Waals surface area contributed by atoms with Gasteiger partial charge in [-0.25, -0.2) is 9.97 Å². The van der Waals surface area contributed by atoms with Gasteiger partial charge in [0, 0.05) is 28.5 Å². The van der Waals surface area contributed by atoms with Gasteiger partial charge in [-0.3, -0.25) is 0 Å². The van der Waals surface area contributed by atoms with Crippen molar-refractivity contribution < 1.29 is 0 Å². The zero-order valence-electron chi connectivity index (χ0n) is 15.5. The molecule has 0 unspecified atom stereocenters. The van der Waals surface area contributed by atoms with Gasteiger partial charge in [0.05, 0.1) is 5.39 Å².